The zero-order chi connectivity index (χ0) is 14.2. The highest BCUT2D eigenvalue weighted by Crippen LogP contribution is 2.66. The van der Waals surface area contributed by atoms with E-state index in [2.05, 4.69) is 0 Å². The minimum absolute atomic E-state index is 0.184. The lowest BCUT2D eigenvalue weighted by molar-refractivity contribution is -0.0901. The van der Waals surface area contributed by atoms with Crippen molar-refractivity contribution in [2.45, 2.75) is 51.4 Å². The quantitative estimate of drug-likeness (QED) is 0.557. The first-order chi connectivity index (χ1) is 8.71. The molecule has 4 heteroatoms. The highest BCUT2D eigenvalue weighted by Gasteiger charge is 2.66. The van der Waals surface area contributed by atoms with E-state index in [0.29, 0.717) is 5.57 Å². The van der Waals surface area contributed by atoms with Crippen molar-refractivity contribution in [2.24, 2.45) is 10.8 Å². The maximum absolute atomic E-state index is 10.7. The number of aliphatic hydroxyl groups is 4. The molecule has 0 aromatic carbocycles. The van der Waals surface area contributed by atoms with Crippen LogP contribution in [0.25, 0.3) is 0 Å². The van der Waals surface area contributed by atoms with E-state index >= 15 is 0 Å². The van der Waals surface area contributed by atoms with E-state index < -0.39 is 28.6 Å². The van der Waals surface area contributed by atoms with Gasteiger partial charge in [0.05, 0.1) is 12.7 Å². The van der Waals surface area contributed by atoms with E-state index in [4.69, 9.17) is 0 Å². The Hall–Kier alpha value is -0.680. The average Bonchev–Trinajstić information content (AvgIpc) is 3.12. The molecule has 106 valence electrons. The normalized spacial score (nSPS) is 47.4. The minimum Gasteiger partial charge on any atom is -0.395 e. The Morgan fingerprint density at radius 1 is 1.21 bits per heavy atom. The largest absolute Gasteiger partial charge is 0.395 e. The van der Waals surface area contributed by atoms with Crippen molar-refractivity contribution < 1.29 is 20.4 Å². The van der Waals surface area contributed by atoms with Crippen LogP contribution in [0.1, 0.15) is 33.6 Å². The van der Waals surface area contributed by atoms with Crippen LogP contribution in [0.2, 0.25) is 0 Å². The van der Waals surface area contributed by atoms with Crippen molar-refractivity contribution >= 4 is 0 Å². The molecule has 0 aliphatic heterocycles. The molecule has 4 nitrogen and oxygen atoms in total. The van der Waals surface area contributed by atoms with Crippen molar-refractivity contribution in [3.63, 3.8) is 0 Å². The van der Waals surface area contributed by atoms with Crippen LogP contribution in [0.4, 0.5) is 0 Å². The predicted octanol–water partition coefficient (Wildman–Crippen LogP) is 0.508. The van der Waals surface area contributed by atoms with E-state index in [0.717, 1.165) is 24.0 Å². The second-order valence-electron chi connectivity index (χ2n) is 6.84. The summed E-state index contributed by atoms with van der Waals surface area (Å²) in [5.41, 5.74) is -0.0901. The average molecular weight is 266 g/mol. The molecule has 0 radical (unpaired) electrons. The third-order valence-electron chi connectivity index (χ3n) is 5.70. The monoisotopic (exact) mass is 266 g/mol. The van der Waals surface area contributed by atoms with Crippen molar-refractivity contribution in [1.82, 2.24) is 0 Å². The lowest BCUT2D eigenvalue weighted by Crippen LogP contribution is -2.52. The Morgan fingerprint density at radius 2 is 1.79 bits per heavy atom. The summed E-state index contributed by atoms with van der Waals surface area (Å²) in [6, 6.07) is 0. The standard InChI is InChI=1S/C15H22O4/c1-8-10-9(6-13(2,7-16)12(10)18)11(17)14(3,19)15(8)4-5-15/h6,11-12,16-19H,4-5,7H2,1-3H3/t11-,12-,13+,14+/m1/s1. The highest BCUT2D eigenvalue weighted by atomic mass is 16.3. The van der Waals surface area contributed by atoms with E-state index in [1.54, 1.807) is 19.9 Å². The Labute approximate surface area is 113 Å². The van der Waals surface area contributed by atoms with Crippen LogP contribution in [-0.2, 0) is 0 Å². The first kappa shape index (κ1) is 13.3. The molecule has 0 heterocycles. The maximum atomic E-state index is 10.7. The summed E-state index contributed by atoms with van der Waals surface area (Å²) in [5, 5.41) is 41.2. The highest BCUT2D eigenvalue weighted by molar-refractivity contribution is 5.57. The molecule has 3 aliphatic rings. The van der Waals surface area contributed by atoms with Crippen molar-refractivity contribution in [3.8, 4) is 0 Å². The Bertz CT molecular complexity index is 498. The van der Waals surface area contributed by atoms with Crippen molar-refractivity contribution in [3.05, 3.63) is 22.8 Å². The number of hydrogen-bond donors (Lipinski definition) is 4. The summed E-state index contributed by atoms with van der Waals surface area (Å²) in [6.07, 6.45) is 1.59. The number of fused-ring (bicyclic) bond motifs is 1. The summed E-state index contributed by atoms with van der Waals surface area (Å²) in [5.74, 6) is 0. The van der Waals surface area contributed by atoms with Gasteiger partial charge >= 0.3 is 0 Å². The van der Waals surface area contributed by atoms with Crippen LogP contribution >= 0.6 is 0 Å². The molecule has 0 amide bonds. The second-order valence-corrected chi connectivity index (χ2v) is 6.84. The van der Waals surface area contributed by atoms with Gasteiger partial charge in [-0.25, -0.2) is 0 Å². The third-order valence-corrected chi connectivity index (χ3v) is 5.70. The molecule has 4 N–H and O–H groups in total. The van der Waals surface area contributed by atoms with Crippen LogP contribution in [0.15, 0.2) is 22.8 Å². The summed E-state index contributed by atoms with van der Waals surface area (Å²) in [4.78, 5) is 0. The Kier molecular flexibility index (Phi) is 2.45. The fourth-order valence-corrected chi connectivity index (χ4v) is 3.99. The predicted molar refractivity (Wildman–Crippen MR) is 70.3 cm³/mol. The summed E-state index contributed by atoms with van der Waals surface area (Å²) < 4.78 is 0. The maximum Gasteiger partial charge on any atom is 0.108 e. The minimum atomic E-state index is -1.20. The fourth-order valence-electron chi connectivity index (χ4n) is 3.99. The van der Waals surface area contributed by atoms with Gasteiger partial charge in [0, 0.05) is 10.8 Å². The molecule has 0 aromatic heterocycles. The van der Waals surface area contributed by atoms with Crippen LogP contribution < -0.4 is 0 Å². The Balaban J connectivity index is 2.22. The zero-order valence-electron chi connectivity index (χ0n) is 11.6. The van der Waals surface area contributed by atoms with Gasteiger partial charge in [-0.1, -0.05) is 18.6 Å². The molecular weight excluding hydrogens is 244 g/mol. The van der Waals surface area contributed by atoms with Crippen molar-refractivity contribution in [2.75, 3.05) is 6.61 Å². The molecule has 3 rings (SSSR count). The summed E-state index contributed by atoms with van der Waals surface area (Å²) in [6.45, 7) is 5.19. The zero-order valence-corrected chi connectivity index (χ0v) is 11.6. The molecule has 3 aliphatic carbocycles. The van der Waals surface area contributed by atoms with Gasteiger partial charge in [0.1, 0.15) is 11.7 Å². The first-order valence-corrected chi connectivity index (χ1v) is 6.85. The van der Waals surface area contributed by atoms with Gasteiger partial charge < -0.3 is 20.4 Å². The van der Waals surface area contributed by atoms with Crippen molar-refractivity contribution in [1.29, 1.82) is 0 Å². The van der Waals surface area contributed by atoms with Gasteiger partial charge in [-0.15, -0.1) is 0 Å². The van der Waals surface area contributed by atoms with Gasteiger partial charge in [0.15, 0.2) is 0 Å². The van der Waals surface area contributed by atoms with E-state index in [9.17, 15) is 20.4 Å². The molecule has 4 atom stereocenters. The molecule has 0 aromatic rings. The van der Waals surface area contributed by atoms with Crippen LogP contribution in [-0.4, -0.2) is 44.8 Å². The second kappa shape index (κ2) is 3.50. The lowest BCUT2D eigenvalue weighted by Gasteiger charge is -2.44. The number of aliphatic hydroxyl groups excluding tert-OH is 3. The number of hydrogen-bond acceptors (Lipinski definition) is 4. The molecule has 0 bridgehead atoms. The van der Waals surface area contributed by atoms with Gasteiger partial charge in [-0.3, -0.25) is 0 Å². The van der Waals surface area contributed by atoms with Crippen LogP contribution in [0, 0.1) is 10.8 Å². The Morgan fingerprint density at radius 3 is 2.26 bits per heavy atom. The van der Waals surface area contributed by atoms with Crippen LogP contribution in [0.3, 0.4) is 0 Å². The third kappa shape index (κ3) is 1.33. The topological polar surface area (TPSA) is 80.9 Å². The first-order valence-electron chi connectivity index (χ1n) is 6.85. The SMILES string of the molecule is CC1=C2C(=C[C@@](C)(CO)[C@@H]2O)[C@@H](O)[C@](C)(O)C12CC2. The molecule has 19 heavy (non-hydrogen) atoms. The molecule has 1 saturated carbocycles. The summed E-state index contributed by atoms with van der Waals surface area (Å²) in [7, 11) is 0. The molecule has 0 saturated heterocycles. The van der Waals surface area contributed by atoms with Gasteiger partial charge in [-0.2, -0.15) is 0 Å². The number of rotatable bonds is 1. The molecule has 1 fully saturated rings. The smallest absolute Gasteiger partial charge is 0.108 e. The molecule has 1 spiro atoms. The van der Waals surface area contributed by atoms with Gasteiger partial charge in [0.25, 0.3) is 0 Å². The fraction of sp³-hybridized carbons (Fsp3) is 0.733. The van der Waals surface area contributed by atoms with Crippen LogP contribution in [0.5, 0.6) is 0 Å². The molecule has 0 unspecified atom stereocenters. The van der Waals surface area contributed by atoms with E-state index in [-0.39, 0.29) is 6.61 Å². The van der Waals surface area contributed by atoms with Gasteiger partial charge in [-0.05, 0) is 37.8 Å². The summed E-state index contributed by atoms with van der Waals surface area (Å²) >= 11 is 0. The van der Waals surface area contributed by atoms with E-state index in [1.807, 2.05) is 6.92 Å². The van der Waals surface area contributed by atoms with Gasteiger partial charge in [0.2, 0.25) is 0 Å². The van der Waals surface area contributed by atoms with E-state index in [1.165, 1.54) is 0 Å². The lowest BCUT2D eigenvalue weighted by atomic mass is 9.66. The molecular formula is C15H22O4.